The van der Waals surface area contributed by atoms with Gasteiger partial charge in [-0.25, -0.2) is 0 Å². The van der Waals surface area contributed by atoms with Gasteiger partial charge in [-0.05, 0) is 48.8 Å². The lowest BCUT2D eigenvalue weighted by Crippen LogP contribution is -2.10. The molecule has 3 aromatic rings. The van der Waals surface area contributed by atoms with E-state index in [1.807, 2.05) is 26.2 Å². The van der Waals surface area contributed by atoms with Gasteiger partial charge in [0, 0.05) is 11.1 Å². The van der Waals surface area contributed by atoms with E-state index in [1.165, 1.54) is 5.56 Å². The monoisotopic (exact) mass is 349 g/mol. The molecule has 0 spiro atoms. The molecule has 0 unspecified atom stereocenters. The van der Waals surface area contributed by atoms with Gasteiger partial charge in [-0.15, -0.1) is 0 Å². The van der Waals surface area contributed by atoms with Crippen LogP contribution < -0.4 is 0 Å². The van der Waals surface area contributed by atoms with E-state index in [-0.39, 0.29) is 11.2 Å². The quantitative estimate of drug-likeness (QED) is 0.658. The topological polar surface area (TPSA) is 36.6 Å². The molecule has 1 heterocycles. The smallest absolute Gasteiger partial charge is 0.142 e. The van der Waals surface area contributed by atoms with Crippen molar-refractivity contribution in [2.45, 2.75) is 32.7 Å². The van der Waals surface area contributed by atoms with Gasteiger partial charge in [0.2, 0.25) is 0 Å². The number of phenolic OH excluding ortho intramolecular Hbond substituents is 1. The highest BCUT2D eigenvalue weighted by Gasteiger charge is 2.18. The molecule has 1 N–H and O–H groups in total. The van der Waals surface area contributed by atoms with Crippen molar-refractivity contribution in [2.24, 2.45) is 0 Å². The molecule has 3 nitrogen and oxygen atoms in total. The highest BCUT2D eigenvalue weighted by atomic mass is 16.3. The van der Waals surface area contributed by atoms with Crippen LogP contribution >= 0.6 is 0 Å². The summed E-state index contributed by atoms with van der Waals surface area (Å²) in [6.07, 6.45) is 0. The van der Waals surface area contributed by atoms with Gasteiger partial charge in [-0.2, -0.15) is 0 Å². The summed E-state index contributed by atoms with van der Waals surface area (Å²) in [6.45, 7) is 7.36. The molecule has 0 aliphatic carbocycles. The number of furan rings is 1. The van der Waals surface area contributed by atoms with Crippen LogP contribution in [0.15, 0.2) is 59.0 Å². The first kappa shape index (κ1) is 18.3. The molecule has 3 heteroatoms. The summed E-state index contributed by atoms with van der Waals surface area (Å²) in [5, 5.41) is 9.88. The molecule has 1 aromatic heterocycles. The Bertz CT molecular complexity index is 883. The zero-order chi connectivity index (χ0) is 18.9. The molecular weight excluding hydrogens is 322 g/mol. The van der Waals surface area contributed by atoms with Gasteiger partial charge in [0.15, 0.2) is 0 Å². The minimum Gasteiger partial charge on any atom is -0.508 e. The fraction of sp³-hybridized carbons (Fsp3) is 0.304. The van der Waals surface area contributed by atoms with Crippen LogP contribution in [0.3, 0.4) is 0 Å². The van der Waals surface area contributed by atoms with Gasteiger partial charge in [0.25, 0.3) is 0 Å². The van der Waals surface area contributed by atoms with E-state index in [0.717, 1.165) is 34.8 Å². The fourth-order valence-electron chi connectivity index (χ4n) is 3.06. The first-order valence-electron chi connectivity index (χ1n) is 8.92. The maximum atomic E-state index is 9.88. The molecule has 2 aromatic carbocycles. The molecule has 0 amide bonds. The summed E-state index contributed by atoms with van der Waals surface area (Å²) >= 11 is 0. The number of hydrogen-bond donors (Lipinski definition) is 1. The summed E-state index contributed by atoms with van der Waals surface area (Å²) in [6, 6.07) is 17.9. The van der Waals surface area contributed by atoms with Crippen molar-refractivity contribution >= 4 is 0 Å². The highest BCUT2D eigenvalue weighted by Crippen LogP contribution is 2.37. The summed E-state index contributed by atoms with van der Waals surface area (Å²) < 4.78 is 6.21. The minimum absolute atomic E-state index is 0.117. The molecule has 0 radical (unpaired) electrons. The van der Waals surface area contributed by atoms with Gasteiger partial charge in [0.05, 0.1) is 6.54 Å². The Hall–Kier alpha value is -2.52. The van der Waals surface area contributed by atoms with Crippen LogP contribution in [0.25, 0.3) is 22.5 Å². The first-order valence-corrected chi connectivity index (χ1v) is 8.92. The molecule has 136 valence electrons. The van der Waals surface area contributed by atoms with Crippen LogP contribution in [-0.4, -0.2) is 24.1 Å². The van der Waals surface area contributed by atoms with Gasteiger partial charge in [-0.1, -0.05) is 57.2 Å². The number of benzene rings is 2. The first-order chi connectivity index (χ1) is 12.2. The van der Waals surface area contributed by atoms with E-state index >= 15 is 0 Å². The Morgan fingerprint density at radius 2 is 1.62 bits per heavy atom. The fourth-order valence-corrected chi connectivity index (χ4v) is 3.06. The van der Waals surface area contributed by atoms with E-state index < -0.39 is 0 Å². The molecule has 0 saturated carbocycles. The average Bonchev–Trinajstić information content (AvgIpc) is 2.97. The van der Waals surface area contributed by atoms with Crippen LogP contribution in [0.5, 0.6) is 5.75 Å². The van der Waals surface area contributed by atoms with Gasteiger partial charge >= 0.3 is 0 Å². The predicted octanol–water partition coefficient (Wildman–Crippen LogP) is 5.68. The van der Waals surface area contributed by atoms with Crippen LogP contribution in [0.4, 0.5) is 0 Å². The molecule has 0 aliphatic heterocycles. The van der Waals surface area contributed by atoms with Gasteiger partial charge in [-0.3, -0.25) is 0 Å². The molecule has 0 saturated heterocycles. The number of hydrogen-bond acceptors (Lipinski definition) is 3. The van der Waals surface area contributed by atoms with E-state index in [0.29, 0.717) is 0 Å². The van der Waals surface area contributed by atoms with E-state index in [4.69, 9.17) is 4.42 Å². The number of phenols is 1. The van der Waals surface area contributed by atoms with Crippen molar-refractivity contribution in [3.63, 3.8) is 0 Å². The summed E-state index contributed by atoms with van der Waals surface area (Å²) in [4.78, 5) is 2.08. The lowest BCUT2D eigenvalue weighted by molar-refractivity contribution is 0.353. The van der Waals surface area contributed by atoms with Crippen molar-refractivity contribution in [2.75, 3.05) is 14.1 Å². The third-order valence-electron chi connectivity index (χ3n) is 4.43. The molecule has 0 fully saturated rings. The minimum atomic E-state index is 0.117. The Morgan fingerprint density at radius 3 is 2.19 bits per heavy atom. The third-order valence-corrected chi connectivity index (χ3v) is 4.43. The molecule has 0 bridgehead atoms. The lowest BCUT2D eigenvalue weighted by Gasteiger charge is -2.19. The van der Waals surface area contributed by atoms with Gasteiger partial charge < -0.3 is 14.4 Å². The second kappa shape index (κ2) is 7.00. The average molecular weight is 349 g/mol. The molecule has 0 aliphatic rings. The van der Waals surface area contributed by atoms with E-state index in [2.05, 4.69) is 56.0 Å². The van der Waals surface area contributed by atoms with Crippen LogP contribution in [-0.2, 0) is 12.0 Å². The summed E-state index contributed by atoms with van der Waals surface area (Å²) in [5.41, 5.74) is 4.41. The van der Waals surface area contributed by atoms with Gasteiger partial charge in [0.1, 0.15) is 17.3 Å². The van der Waals surface area contributed by atoms with E-state index in [9.17, 15) is 5.11 Å². The van der Waals surface area contributed by atoms with Crippen molar-refractivity contribution < 1.29 is 9.52 Å². The number of nitrogens with zero attached hydrogens (tertiary/aromatic N) is 1. The Morgan fingerprint density at radius 1 is 0.923 bits per heavy atom. The zero-order valence-electron chi connectivity index (χ0n) is 16.2. The zero-order valence-corrected chi connectivity index (χ0v) is 16.2. The summed E-state index contributed by atoms with van der Waals surface area (Å²) in [5.74, 6) is 2.00. The Labute approximate surface area is 155 Å². The third kappa shape index (κ3) is 4.00. The largest absolute Gasteiger partial charge is 0.508 e. The standard InChI is InChI=1S/C23H27NO2/c1-23(2,3)18-11-9-16(10-12-18)22-21(14-20(26-22)15-24(4)5)17-7-6-8-19(25)13-17/h6-14,25H,15H2,1-5H3. The Kier molecular flexibility index (Phi) is 4.92. The van der Waals surface area contributed by atoms with Crippen molar-refractivity contribution in [3.05, 3.63) is 65.9 Å². The summed E-state index contributed by atoms with van der Waals surface area (Å²) in [7, 11) is 4.04. The van der Waals surface area contributed by atoms with E-state index in [1.54, 1.807) is 12.1 Å². The predicted molar refractivity (Wildman–Crippen MR) is 107 cm³/mol. The second-order valence-electron chi connectivity index (χ2n) is 8.07. The second-order valence-corrected chi connectivity index (χ2v) is 8.07. The maximum Gasteiger partial charge on any atom is 0.142 e. The number of aromatic hydroxyl groups is 1. The Balaban J connectivity index is 2.08. The van der Waals surface area contributed by atoms with Crippen LogP contribution in [0.2, 0.25) is 0 Å². The van der Waals surface area contributed by atoms with Crippen molar-refractivity contribution in [1.29, 1.82) is 0 Å². The number of rotatable bonds is 4. The normalized spacial score (nSPS) is 11.9. The molecule has 3 rings (SSSR count). The lowest BCUT2D eigenvalue weighted by atomic mass is 9.86. The van der Waals surface area contributed by atoms with Crippen molar-refractivity contribution in [1.82, 2.24) is 4.90 Å². The molecule has 0 atom stereocenters. The molecule has 26 heavy (non-hydrogen) atoms. The SMILES string of the molecule is CN(C)Cc1cc(-c2cccc(O)c2)c(-c2ccc(C(C)(C)C)cc2)o1. The van der Waals surface area contributed by atoms with Crippen LogP contribution in [0, 0.1) is 0 Å². The maximum absolute atomic E-state index is 9.88. The molecular formula is C23H27NO2. The van der Waals surface area contributed by atoms with Crippen molar-refractivity contribution in [3.8, 4) is 28.2 Å². The highest BCUT2D eigenvalue weighted by molar-refractivity contribution is 5.81. The van der Waals surface area contributed by atoms with Crippen LogP contribution in [0.1, 0.15) is 32.1 Å².